The number of hydrogen-bond acceptors (Lipinski definition) is 5. The van der Waals surface area contributed by atoms with Crippen LogP contribution in [0.3, 0.4) is 0 Å². The van der Waals surface area contributed by atoms with Crippen LogP contribution in [0.1, 0.15) is 5.69 Å². The summed E-state index contributed by atoms with van der Waals surface area (Å²) in [5.41, 5.74) is 5.57. The highest BCUT2D eigenvalue weighted by Gasteiger charge is 2.08. The van der Waals surface area contributed by atoms with Gasteiger partial charge in [-0.3, -0.25) is 4.98 Å². The van der Waals surface area contributed by atoms with Gasteiger partial charge in [0.05, 0.1) is 11.9 Å². The fourth-order valence-electron chi connectivity index (χ4n) is 3.38. The first kappa shape index (κ1) is 19.5. The molecule has 0 amide bonds. The smallest absolute Gasteiger partial charge is 0.129 e. The van der Waals surface area contributed by atoms with E-state index in [0.717, 1.165) is 45.5 Å². The maximum absolute atomic E-state index is 5.94. The van der Waals surface area contributed by atoms with Gasteiger partial charge in [0.15, 0.2) is 0 Å². The van der Waals surface area contributed by atoms with Gasteiger partial charge in [-0.15, -0.1) is 5.10 Å². The van der Waals surface area contributed by atoms with Crippen molar-refractivity contribution >= 4 is 11.4 Å². The summed E-state index contributed by atoms with van der Waals surface area (Å²) < 4.78 is 7.69. The highest BCUT2D eigenvalue weighted by Crippen LogP contribution is 2.26. The molecule has 6 nitrogen and oxygen atoms in total. The molecule has 0 spiro atoms. The maximum atomic E-state index is 5.94. The minimum absolute atomic E-state index is 0.740. The Bertz CT molecular complexity index is 1350. The van der Waals surface area contributed by atoms with E-state index in [1.807, 2.05) is 98.0 Å². The zero-order valence-corrected chi connectivity index (χ0v) is 17.5. The molecule has 0 aliphatic rings. The van der Waals surface area contributed by atoms with Crippen molar-refractivity contribution in [2.24, 2.45) is 0 Å². The Hall–Kier alpha value is -4.45. The third-order valence-electron chi connectivity index (χ3n) is 4.90. The minimum atomic E-state index is 0.740. The van der Waals surface area contributed by atoms with E-state index in [9.17, 15) is 0 Å². The normalized spacial score (nSPS) is 10.7. The van der Waals surface area contributed by atoms with Gasteiger partial charge < -0.3 is 10.1 Å². The van der Waals surface area contributed by atoms with E-state index >= 15 is 0 Å². The lowest BCUT2D eigenvalue weighted by Crippen LogP contribution is -1.95. The SMILES string of the molecule is Cc1cc(Nc2cccc(-c3cn(-c4cccc(Oc5ccccc5)c4)nn3)c2)ccn1. The van der Waals surface area contributed by atoms with E-state index in [-0.39, 0.29) is 0 Å². The zero-order valence-electron chi connectivity index (χ0n) is 17.5. The maximum Gasteiger partial charge on any atom is 0.129 e. The monoisotopic (exact) mass is 419 g/mol. The molecule has 5 rings (SSSR count). The van der Waals surface area contributed by atoms with Crippen LogP contribution in [-0.2, 0) is 0 Å². The molecule has 0 aliphatic carbocycles. The molecule has 5 aromatic rings. The molecular formula is C26H21N5O. The van der Waals surface area contributed by atoms with Crippen LogP contribution < -0.4 is 10.1 Å². The first-order valence-corrected chi connectivity index (χ1v) is 10.3. The van der Waals surface area contributed by atoms with E-state index in [1.54, 1.807) is 10.9 Å². The molecule has 0 unspecified atom stereocenters. The van der Waals surface area contributed by atoms with Crippen molar-refractivity contribution in [1.82, 2.24) is 20.0 Å². The van der Waals surface area contributed by atoms with Crippen LogP contribution in [0.2, 0.25) is 0 Å². The largest absolute Gasteiger partial charge is 0.457 e. The lowest BCUT2D eigenvalue weighted by Gasteiger charge is -2.08. The van der Waals surface area contributed by atoms with Crippen LogP contribution in [-0.4, -0.2) is 20.0 Å². The number of pyridine rings is 1. The van der Waals surface area contributed by atoms with Crippen LogP contribution in [0.15, 0.2) is 103 Å². The summed E-state index contributed by atoms with van der Waals surface area (Å²) in [6, 6.07) is 29.5. The molecule has 2 aromatic heterocycles. The van der Waals surface area contributed by atoms with Crippen molar-refractivity contribution in [2.75, 3.05) is 5.32 Å². The minimum Gasteiger partial charge on any atom is -0.457 e. The summed E-state index contributed by atoms with van der Waals surface area (Å²) in [4.78, 5) is 4.24. The van der Waals surface area contributed by atoms with Crippen molar-refractivity contribution in [3.63, 3.8) is 0 Å². The van der Waals surface area contributed by atoms with Crippen molar-refractivity contribution in [3.05, 3.63) is 109 Å². The van der Waals surface area contributed by atoms with Gasteiger partial charge in [0.25, 0.3) is 0 Å². The third kappa shape index (κ3) is 4.49. The summed E-state index contributed by atoms with van der Waals surface area (Å²) in [6.45, 7) is 1.97. The van der Waals surface area contributed by atoms with E-state index in [2.05, 4.69) is 26.7 Å². The number of para-hydroxylation sites is 1. The molecule has 0 fully saturated rings. The van der Waals surface area contributed by atoms with Crippen LogP contribution >= 0.6 is 0 Å². The van der Waals surface area contributed by atoms with Gasteiger partial charge in [0, 0.05) is 34.9 Å². The topological polar surface area (TPSA) is 64.9 Å². The number of hydrogen-bond donors (Lipinski definition) is 1. The Labute approximate surface area is 186 Å². The Morgan fingerprint density at radius 2 is 1.59 bits per heavy atom. The predicted molar refractivity (Wildman–Crippen MR) is 126 cm³/mol. The van der Waals surface area contributed by atoms with Crippen molar-refractivity contribution in [3.8, 4) is 28.4 Å². The van der Waals surface area contributed by atoms with Gasteiger partial charge in [-0.1, -0.05) is 41.6 Å². The summed E-state index contributed by atoms with van der Waals surface area (Å²) in [7, 11) is 0. The molecule has 2 heterocycles. The number of nitrogens with zero attached hydrogens (tertiary/aromatic N) is 4. The molecule has 6 heteroatoms. The molecule has 0 atom stereocenters. The van der Waals surface area contributed by atoms with Crippen molar-refractivity contribution < 1.29 is 4.74 Å². The number of benzene rings is 3. The molecule has 0 saturated heterocycles. The molecule has 0 radical (unpaired) electrons. The van der Waals surface area contributed by atoms with Crippen LogP contribution in [0.4, 0.5) is 11.4 Å². The first-order valence-electron chi connectivity index (χ1n) is 10.3. The van der Waals surface area contributed by atoms with E-state index in [1.165, 1.54) is 0 Å². The number of anilines is 2. The molecule has 156 valence electrons. The van der Waals surface area contributed by atoms with Gasteiger partial charge in [-0.2, -0.15) is 0 Å². The first-order chi connectivity index (χ1) is 15.7. The number of rotatable bonds is 6. The van der Waals surface area contributed by atoms with Crippen molar-refractivity contribution in [1.29, 1.82) is 0 Å². The molecule has 32 heavy (non-hydrogen) atoms. The van der Waals surface area contributed by atoms with E-state index in [0.29, 0.717) is 0 Å². The fraction of sp³-hybridized carbons (Fsp3) is 0.0385. The Morgan fingerprint density at radius 3 is 2.47 bits per heavy atom. The lowest BCUT2D eigenvalue weighted by molar-refractivity contribution is 0.482. The highest BCUT2D eigenvalue weighted by molar-refractivity contribution is 5.68. The average Bonchev–Trinajstić information content (AvgIpc) is 3.31. The second-order valence-electron chi connectivity index (χ2n) is 7.35. The average molecular weight is 419 g/mol. The van der Waals surface area contributed by atoms with Gasteiger partial charge >= 0.3 is 0 Å². The molecular weight excluding hydrogens is 398 g/mol. The molecule has 3 aromatic carbocycles. The van der Waals surface area contributed by atoms with Crippen molar-refractivity contribution in [2.45, 2.75) is 6.92 Å². The second kappa shape index (κ2) is 8.73. The summed E-state index contributed by atoms with van der Waals surface area (Å²) >= 11 is 0. The van der Waals surface area contributed by atoms with Gasteiger partial charge in [-0.05, 0) is 55.5 Å². The van der Waals surface area contributed by atoms with Crippen LogP contribution in [0.25, 0.3) is 16.9 Å². The Balaban J connectivity index is 1.37. The second-order valence-corrected chi connectivity index (χ2v) is 7.35. The number of nitrogens with one attached hydrogen (secondary N) is 1. The molecule has 0 bridgehead atoms. The molecule has 0 saturated carbocycles. The van der Waals surface area contributed by atoms with E-state index < -0.39 is 0 Å². The van der Waals surface area contributed by atoms with Gasteiger partial charge in [-0.25, -0.2) is 4.68 Å². The number of aryl methyl sites for hydroxylation is 1. The summed E-state index contributed by atoms with van der Waals surface area (Å²) in [5, 5.41) is 12.1. The quantitative estimate of drug-likeness (QED) is 0.356. The Kier molecular flexibility index (Phi) is 5.32. The zero-order chi connectivity index (χ0) is 21.8. The number of aromatic nitrogens is 4. The predicted octanol–water partition coefficient (Wildman–Crippen LogP) is 6.17. The van der Waals surface area contributed by atoms with Gasteiger partial charge in [0.1, 0.15) is 17.2 Å². The lowest BCUT2D eigenvalue weighted by atomic mass is 10.1. The van der Waals surface area contributed by atoms with Gasteiger partial charge in [0.2, 0.25) is 0 Å². The van der Waals surface area contributed by atoms with Crippen LogP contribution in [0, 0.1) is 6.92 Å². The van der Waals surface area contributed by atoms with E-state index in [4.69, 9.17) is 4.74 Å². The number of ether oxygens (including phenoxy) is 1. The Morgan fingerprint density at radius 1 is 0.781 bits per heavy atom. The highest BCUT2D eigenvalue weighted by atomic mass is 16.5. The molecule has 0 aliphatic heterocycles. The summed E-state index contributed by atoms with van der Waals surface area (Å²) in [5.74, 6) is 1.53. The van der Waals surface area contributed by atoms with Crippen LogP contribution in [0.5, 0.6) is 11.5 Å². The third-order valence-corrected chi connectivity index (χ3v) is 4.90. The fourth-order valence-corrected chi connectivity index (χ4v) is 3.38. The summed E-state index contributed by atoms with van der Waals surface area (Å²) in [6.07, 6.45) is 3.71. The molecule has 1 N–H and O–H groups in total. The standard InChI is InChI=1S/C26H21N5O/c1-19-15-22(13-14-27-19)28-21-8-5-7-20(16-21)26-18-31(30-29-26)23-9-6-12-25(17-23)32-24-10-3-2-4-11-24/h2-18H,1H3,(H,27,28).